The first kappa shape index (κ1) is 21.1. The first-order valence-corrected chi connectivity index (χ1v) is 10.3. The summed E-state index contributed by atoms with van der Waals surface area (Å²) in [7, 11) is 0. The molecule has 0 N–H and O–H groups in total. The van der Waals surface area contributed by atoms with Gasteiger partial charge in [0.05, 0.1) is 6.61 Å². The molecule has 0 saturated carbocycles. The number of amides is 1. The number of likely N-dealkylation sites (tertiary alicyclic amines) is 1. The predicted octanol–water partition coefficient (Wildman–Crippen LogP) is 5.95. The molecule has 146 valence electrons. The minimum Gasteiger partial charge on any atom is -0.494 e. The molecule has 0 radical (unpaired) electrons. The first-order valence-electron chi connectivity index (χ1n) is 9.54. The number of hydrogen-bond donors (Lipinski definition) is 0. The van der Waals surface area contributed by atoms with E-state index in [0.717, 1.165) is 49.1 Å². The Labute approximate surface area is 166 Å². The zero-order valence-corrected chi connectivity index (χ0v) is 18.3. The van der Waals surface area contributed by atoms with Crippen LogP contribution in [0.15, 0.2) is 22.7 Å². The first-order chi connectivity index (χ1) is 12.2. The second-order valence-electron chi connectivity index (χ2n) is 8.31. The van der Waals surface area contributed by atoms with Crippen LogP contribution in [-0.4, -0.2) is 35.8 Å². The van der Waals surface area contributed by atoms with Crippen LogP contribution in [-0.2, 0) is 4.74 Å². The maximum atomic E-state index is 12.3. The van der Waals surface area contributed by atoms with E-state index in [4.69, 9.17) is 9.47 Å². The molecule has 26 heavy (non-hydrogen) atoms. The predicted molar refractivity (Wildman–Crippen MR) is 109 cm³/mol. The molecule has 0 spiro atoms. The van der Waals surface area contributed by atoms with Crippen molar-refractivity contribution in [1.29, 1.82) is 0 Å². The van der Waals surface area contributed by atoms with Crippen molar-refractivity contribution < 1.29 is 14.3 Å². The number of benzene rings is 1. The van der Waals surface area contributed by atoms with Crippen molar-refractivity contribution in [3.05, 3.63) is 28.2 Å². The summed E-state index contributed by atoms with van der Waals surface area (Å²) in [6, 6.07) is 6.32. The van der Waals surface area contributed by atoms with Gasteiger partial charge >= 0.3 is 6.09 Å². The molecule has 1 aliphatic heterocycles. The monoisotopic (exact) mass is 425 g/mol. The Morgan fingerprint density at radius 3 is 2.69 bits per heavy atom. The smallest absolute Gasteiger partial charge is 0.410 e. The summed E-state index contributed by atoms with van der Waals surface area (Å²) < 4.78 is 12.5. The van der Waals surface area contributed by atoms with Gasteiger partial charge in [0.15, 0.2) is 0 Å². The maximum Gasteiger partial charge on any atom is 0.410 e. The van der Waals surface area contributed by atoms with Crippen LogP contribution < -0.4 is 4.74 Å². The van der Waals surface area contributed by atoms with E-state index in [2.05, 4.69) is 35.8 Å². The third-order valence-electron chi connectivity index (χ3n) is 4.77. The Morgan fingerprint density at radius 2 is 2.08 bits per heavy atom. The largest absolute Gasteiger partial charge is 0.494 e. The molecule has 1 saturated heterocycles. The molecule has 1 amide bonds. The molecule has 0 bridgehead atoms. The molecule has 2 rings (SSSR count). The Bertz CT molecular complexity index is 612. The minimum atomic E-state index is -0.434. The number of carbonyl (C=O) groups excluding carboxylic acids is 1. The molecule has 0 aliphatic carbocycles. The second kappa shape index (κ2) is 9.12. The summed E-state index contributed by atoms with van der Waals surface area (Å²) in [4.78, 5) is 14.2. The molecule has 1 aromatic rings. The summed E-state index contributed by atoms with van der Waals surface area (Å²) in [5.74, 6) is 1.58. The van der Waals surface area contributed by atoms with E-state index < -0.39 is 5.60 Å². The lowest BCUT2D eigenvalue weighted by atomic mass is 9.88. The number of rotatable bonds is 5. The fourth-order valence-electron chi connectivity index (χ4n) is 3.39. The number of nitrogens with zero attached hydrogens (tertiary/aromatic N) is 1. The molecule has 1 aliphatic rings. The van der Waals surface area contributed by atoms with Gasteiger partial charge in [0, 0.05) is 17.1 Å². The molecule has 2 atom stereocenters. The van der Waals surface area contributed by atoms with E-state index in [1.54, 1.807) is 0 Å². The summed E-state index contributed by atoms with van der Waals surface area (Å²) >= 11 is 3.51. The van der Waals surface area contributed by atoms with Crippen LogP contribution in [0.3, 0.4) is 0 Å². The van der Waals surface area contributed by atoms with Crippen LogP contribution in [0.25, 0.3) is 0 Å². The summed E-state index contributed by atoms with van der Waals surface area (Å²) in [6.45, 7) is 11.4. The standard InChI is InChI=1S/C21H32BrNO3/c1-15-13-18(8-9-19(15)22)25-12-6-7-17-10-11-23(16(2)14-17)20(24)26-21(3,4)5/h8-9,13,16-17H,6-7,10-12,14H2,1-5H3/t16-,17+/m0/s1. The van der Waals surface area contributed by atoms with Crippen molar-refractivity contribution in [2.75, 3.05) is 13.2 Å². The van der Waals surface area contributed by atoms with Gasteiger partial charge in [-0.2, -0.15) is 0 Å². The highest BCUT2D eigenvalue weighted by atomic mass is 79.9. The maximum absolute atomic E-state index is 12.3. The van der Waals surface area contributed by atoms with Crippen molar-refractivity contribution in [1.82, 2.24) is 4.90 Å². The van der Waals surface area contributed by atoms with Crippen molar-refractivity contribution in [2.24, 2.45) is 5.92 Å². The van der Waals surface area contributed by atoms with Gasteiger partial charge in [0.25, 0.3) is 0 Å². The van der Waals surface area contributed by atoms with E-state index in [1.807, 2.05) is 37.8 Å². The zero-order valence-electron chi connectivity index (χ0n) is 16.7. The van der Waals surface area contributed by atoms with E-state index in [0.29, 0.717) is 5.92 Å². The van der Waals surface area contributed by atoms with Crippen LogP contribution in [0.2, 0.25) is 0 Å². The van der Waals surface area contributed by atoms with Crippen molar-refractivity contribution in [3.8, 4) is 5.75 Å². The second-order valence-corrected chi connectivity index (χ2v) is 9.17. The quantitative estimate of drug-likeness (QED) is 0.546. The lowest BCUT2D eigenvalue weighted by Gasteiger charge is -2.38. The number of halogens is 1. The van der Waals surface area contributed by atoms with Crippen LogP contribution in [0.1, 0.15) is 58.9 Å². The lowest BCUT2D eigenvalue weighted by molar-refractivity contribution is 0.00646. The van der Waals surface area contributed by atoms with E-state index in [1.165, 1.54) is 5.56 Å². The van der Waals surface area contributed by atoms with Crippen LogP contribution >= 0.6 is 15.9 Å². The van der Waals surface area contributed by atoms with Crippen molar-refractivity contribution in [3.63, 3.8) is 0 Å². The summed E-state index contributed by atoms with van der Waals surface area (Å²) in [6.07, 6.45) is 4.08. The van der Waals surface area contributed by atoms with Crippen LogP contribution in [0, 0.1) is 12.8 Å². The van der Waals surface area contributed by atoms with Gasteiger partial charge in [-0.1, -0.05) is 15.9 Å². The topological polar surface area (TPSA) is 38.8 Å². The fraction of sp³-hybridized carbons (Fsp3) is 0.667. The third-order valence-corrected chi connectivity index (χ3v) is 5.66. The highest BCUT2D eigenvalue weighted by molar-refractivity contribution is 9.10. The average molecular weight is 426 g/mol. The van der Waals surface area contributed by atoms with Gasteiger partial charge in [-0.05, 0) is 90.0 Å². The average Bonchev–Trinajstić information content (AvgIpc) is 2.53. The Hall–Kier alpha value is -1.23. The number of aryl methyl sites for hydroxylation is 1. The molecule has 0 unspecified atom stereocenters. The van der Waals surface area contributed by atoms with Gasteiger partial charge in [-0.15, -0.1) is 0 Å². The molecule has 0 aromatic heterocycles. The van der Waals surface area contributed by atoms with Gasteiger partial charge in [0.1, 0.15) is 11.4 Å². The fourth-order valence-corrected chi connectivity index (χ4v) is 3.64. The highest BCUT2D eigenvalue weighted by Gasteiger charge is 2.31. The Balaban J connectivity index is 1.70. The number of ether oxygens (including phenoxy) is 2. The number of piperidine rings is 1. The molecule has 1 aromatic carbocycles. The molecule has 1 fully saturated rings. The summed E-state index contributed by atoms with van der Waals surface area (Å²) in [5, 5.41) is 0. The molecular formula is C21H32BrNO3. The summed E-state index contributed by atoms with van der Waals surface area (Å²) in [5.41, 5.74) is 0.752. The lowest BCUT2D eigenvalue weighted by Crippen LogP contribution is -2.46. The number of hydrogen-bond acceptors (Lipinski definition) is 3. The van der Waals surface area contributed by atoms with Crippen molar-refractivity contribution in [2.45, 2.75) is 71.9 Å². The number of carbonyl (C=O) groups is 1. The van der Waals surface area contributed by atoms with Gasteiger partial charge in [-0.3, -0.25) is 0 Å². The Kier molecular flexibility index (Phi) is 7.39. The van der Waals surface area contributed by atoms with Crippen LogP contribution in [0.5, 0.6) is 5.75 Å². The molecule has 4 nitrogen and oxygen atoms in total. The normalized spacial score (nSPS) is 20.8. The molecule has 1 heterocycles. The Morgan fingerprint density at radius 1 is 1.35 bits per heavy atom. The third kappa shape index (κ3) is 6.49. The van der Waals surface area contributed by atoms with Gasteiger partial charge in [0.2, 0.25) is 0 Å². The van der Waals surface area contributed by atoms with Crippen molar-refractivity contribution >= 4 is 22.0 Å². The van der Waals surface area contributed by atoms with E-state index >= 15 is 0 Å². The SMILES string of the molecule is Cc1cc(OCCC[C@@H]2CCN(C(=O)OC(C)(C)C)[C@@H](C)C2)ccc1Br. The van der Waals surface area contributed by atoms with Gasteiger partial charge < -0.3 is 14.4 Å². The van der Waals surface area contributed by atoms with E-state index in [9.17, 15) is 4.79 Å². The van der Waals surface area contributed by atoms with Gasteiger partial charge in [-0.25, -0.2) is 4.79 Å². The molecular weight excluding hydrogens is 394 g/mol. The van der Waals surface area contributed by atoms with E-state index in [-0.39, 0.29) is 12.1 Å². The minimum absolute atomic E-state index is 0.183. The zero-order chi connectivity index (χ0) is 19.3. The van der Waals surface area contributed by atoms with Crippen LogP contribution in [0.4, 0.5) is 4.79 Å². The highest BCUT2D eigenvalue weighted by Crippen LogP contribution is 2.28. The molecule has 5 heteroatoms.